The molecule has 2 heterocycles. The van der Waals surface area contributed by atoms with Gasteiger partial charge in [0.1, 0.15) is 5.65 Å². The van der Waals surface area contributed by atoms with Crippen molar-refractivity contribution in [2.45, 2.75) is 40.5 Å². The quantitative estimate of drug-likeness (QED) is 0.746. The molecular formula is C13H20N2. The van der Waals surface area contributed by atoms with Crippen molar-refractivity contribution in [1.29, 1.82) is 0 Å². The zero-order chi connectivity index (χ0) is 11.4. The Balaban J connectivity index is 0.000000531. The average Bonchev–Trinajstić information content (AvgIpc) is 2.63. The van der Waals surface area contributed by atoms with Crippen LogP contribution in [-0.2, 0) is 0 Å². The van der Waals surface area contributed by atoms with Crippen LogP contribution in [0.1, 0.15) is 45.0 Å². The summed E-state index contributed by atoms with van der Waals surface area (Å²) in [4.78, 5) is 7.75. The third-order valence-corrected chi connectivity index (χ3v) is 2.26. The first-order chi connectivity index (χ1) is 7.16. The summed E-state index contributed by atoms with van der Waals surface area (Å²) in [6.07, 6.45) is 0. The third-order valence-electron chi connectivity index (χ3n) is 2.26. The molecule has 15 heavy (non-hydrogen) atoms. The smallest absolute Gasteiger partial charge is 0.137 e. The number of aryl methyl sites for hydroxylation is 1. The SMILES string of the molecule is CC.Cc1ccc2cc(C(C)C)[nH]c2n1. The predicted molar refractivity (Wildman–Crippen MR) is 66.3 cm³/mol. The number of H-pyrrole nitrogens is 1. The van der Waals surface area contributed by atoms with E-state index in [-0.39, 0.29) is 0 Å². The lowest BCUT2D eigenvalue weighted by Gasteiger charge is -1.97. The molecule has 2 rings (SSSR count). The molecule has 0 radical (unpaired) electrons. The Kier molecular flexibility index (Phi) is 3.89. The van der Waals surface area contributed by atoms with Crippen LogP contribution in [0.4, 0.5) is 0 Å². The highest BCUT2D eigenvalue weighted by Crippen LogP contribution is 2.19. The fourth-order valence-electron chi connectivity index (χ4n) is 1.44. The third kappa shape index (κ3) is 2.58. The maximum atomic E-state index is 4.42. The minimum Gasteiger partial charge on any atom is -0.343 e. The lowest BCUT2D eigenvalue weighted by molar-refractivity contribution is 0.835. The van der Waals surface area contributed by atoms with E-state index in [0.717, 1.165) is 11.3 Å². The van der Waals surface area contributed by atoms with E-state index in [9.17, 15) is 0 Å². The number of nitrogens with one attached hydrogen (secondary N) is 1. The van der Waals surface area contributed by atoms with E-state index < -0.39 is 0 Å². The average molecular weight is 204 g/mol. The molecule has 2 aromatic rings. The number of fused-ring (bicyclic) bond motifs is 1. The van der Waals surface area contributed by atoms with E-state index in [2.05, 4.69) is 35.9 Å². The number of nitrogens with zero attached hydrogens (tertiary/aromatic N) is 1. The highest BCUT2D eigenvalue weighted by Gasteiger charge is 2.04. The van der Waals surface area contributed by atoms with Crippen LogP contribution in [-0.4, -0.2) is 9.97 Å². The van der Waals surface area contributed by atoms with Crippen LogP contribution in [0, 0.1) is 6.92 Å². The number of aromatic nitrogens is 2. The Labute approximate surface area is 91.7 Å². The Morgan fingerprint density at radius 3 is 2.47 bits per heavy atom. The lowest BCUT2D eigenvalue weighted by Crippen LogP contribution is -1.86. The summed E-state index contributed by atoms with van der Waals surface area (Å²) in [6.45, 7) is 10.4. The Morgan fingerprint density at radius 1 is 1.20 bits per heavy atom. The summed E-state index contributed by atoms with van der Waals surface area (Å²) < 4.78 is 0. The van der Waals surface area contributed by atoms with Crippen molar-refractivity contribution in [1.82, 2.24) is 9.97 Å². The van der Waals surface area contributed by atoms with Gasteiger partial charge in [-0.15, -0.1) is 0 Å². The first kappa shape index (κ1) is 11.8. The molecule has 2 nitrogen and oxygen atoms in total. The second-order valence-corrected chi connectivity index (χ2v) is 3.77. The van der Waals surface area contributed by atoms with Crippen molar-refractivity contribution >= 4 is 11.0 Å². The lowest BCUT2D eigenvalue weighted by atomic mass is 10.1. The van der Waals surface area contributed by atoms with Crippen molar-refractivity contribution in [3.63, 3.8) is 0 Å². The van der Waals surface area contributed by atoms with E-state index in [4.69, 9.17) is 0 Å². The standard InChI is InChI=1S/C11H14N2.C2H6/c1-7(2)10-6-9-5-4-8(3)12-11(9)13-10;1-2/h4-7H,1-3H3,(H,12,13);1-2H3. The fraction of sp³-hybridized carbons (Fsp3) is 0.462. The van der Waals surface area contributed by atoms with Crippen LogP contribution in [0.25, 0.3) is 11.0 Å². The van der Waals surface area contributed by atoms with Gasteiger partial charge in [-0.1, -0.05) is 27.7 Å². The van der Waals surface area contributed by atoms with Gasteiger partial charge in [-0.25, -0.2) is 4.98 Å². The molecule has 2 heteroatoms. The summed E-state index contributed by atoms with van der Waals surface area (Å²) in [6, 6.07) is 6.33. The minimum absolute atomic E-state index is 0.537. The van der Waals surface area contributed by atoms with Gasteiger partial charge in [-0.2, -0.15) is 0 Å². The molecule has 0 spiro atoms. The second-order valence-electron chi connectivity index (χ2n) is 3.77. The Hall–Kier alpha value is -1.31. The van der Waals surface area contributed by atoms with E-state index in [1.165, 1.54) is 11.1 Å². The molecule has 1 N–H and O–H groups in total. The van der Waals surface area contributed by atoms with Crippen LogP contribution in [0.15, 0.2) is 18.2 Å². The molecule has 0 atom stereocenters. The normalized spacial score (nSPS) is 10.3. The molecule has 0 amide bonds. The molecule has 0 fully saturated rings. The maximum Gasteiger partial charge on any atom is 0.137 e. The molecule has 0 aliphatic rings. The zero-order valence-electron chi connectivity index (χ0n) is 10.3. The molecule has 0 unspecified atom stereocenters. The maximum absolute atomic E-state index is 4.42. The molecule has 2 aromatic heterocycles. The highest BCUT2D eigenvalue weighted by atomic mass is 14.9. The monoisotopic (exact) mass is 204 g/mol. The number of hydrogen-bond acceptors (Lipinski definition) is 1. The summed E-state index contributed by atoms with van der Waals surface area (Å²) in [5, 5.41) is 1.20. The van der Waals surface area contributed by atoms with Crippen LogP contribution in [0.3, 0.4) is 0 Å². The number of aromatic amines is 1. The van der Waals surface area contributed by atoms with Crippen molar-refractivity contribution < 1.29 is 0 Å². The van der Waals surface area contributed by atoms with Crippen molar-refractivity contribution in [3.8, 4) is 0 Å². The number of hydrogen-bond donors (Lipinski definition) is 1. The Bertz CT molecular complexity index is 427. The van der Waals surface area contributed by atoms with E-state index in [1.807, 2.05) is 26.8 Å². The first-order valence-corrected chi connectivity index (χ1v) is 5.63. The Morgan fingerprint density at radius 2 is 1.87 bits per heavy atom. The summed E-state index contributed by atoms with van der Waals surface area (Å²) in [5.74, 6) is 0.537. The molecule has 0 aliphatic heterocycles. The van der Waals surface area contributed by atoms with Gasteiger partial charge in [0.05, 0.1) is 0 Å². The van der Waals surface area contributed by atoms with E-state index >= 15 is 0 Å². The van der Waals surface area contributed by atoms with Gasteiger partial charge in [0.2, 0.25) is 0 Å². The van der Waals surface area contributed by atoms with Gasteiger partial charge in [0.15, 0.2) is 0 Å². The van der Waals surface area contributed by atoms with Gasteiger partial charge < -0.3 is 4.98 Å². The van der Waals surface area contributed by atoms with Gasteiger partial charge in [0.25, 0.3) is 0 Å². The number of rotatable bonds is 1. The van der Waals surface area contributed by atoms with Gasteiger partial charge in [-0.3, -0.25) is 0 Å². The highest BCUT2D eigenvalue weighted by molar-refractivity contribution is 5.76. The molecule has 0 saturated heterocycles. The molecule has 0 aliphatic carbocycles. The van der Waals surface area contributed by atoms with Crippen molar-refractivity contribution in [2.24, 2.45) is 0 Å². The summed E-state index contributed by atoms with van der Waals surface area (Å²) in [7, 11) is 0. The van der Waals surface area contributed by atoms with Gasteiger partial charge >= 0.3 is 0 Å². The topological polar surface area (TPSA) is 28.7 Å². The van der Waals surface area contributed by atoms with E-state index in [0.29, 0.717) is 5.92 Å². The fourth-order valence-corrected chi connectivity index (χ4v) is 1.44. The summed E-state index contributed by atoms with van der Waals surface area (Å²) >= 11 is 0. The zero-order valence-corrected chi connectivity index (χ0v) is 10.3. The van der Waals surface area contributed by atoms with E-state index in [1.54, 1.807) is 0 Å². The second kappa shape index (κ2) is 4.96. The minimum atomic E-state index is 0.537. The van der Waals surface area contributed by atoms with Crippen LogP contribution >= 0.6 is 0 Å². The largest absolute Gasteiger partial charge is 0.343 e. The van der Waals surface area contributed by atoms with Gasteiger partial charge in [-0.05, 0) is 31.0 Å². The van der Waals surface area contributed by atoms with Crippen LogP contribution < -0.4 is 0 Å². The molecule has 0 saturated carbocycles. The molecular weight excluding hydrogens is 184 g/mol. The van der Waals surface area contributed by atoms with Crippen molar-refractivity contribution in [3.05, 3.63) is 29.6 Å². The predicted octanol–water partition coefficient (Wildman–Crippen LogP) is 4.02. The first-order valence-electron chi connectivity index (χ1n) is 5.63. The molecule has 0 aromatic carbocycles. The van der Waals surface area contributed by atoms with Crippen molar-refractivity contribution in [2.75, 3.05) is 0 Å². The van der Waals surface area contributed by atoms with Crippen LogP contribution in [0.2, 0.25) is 0 Å². The molecule has 82 valence electrons. The van der Waals surface area contributed by atoms with Crippen LogP contribution in [0.5, 0.6) is 0 Å². The molecule has 0 bridgehead atoms. The van der Waals surface area contributed by atoms with Gasteiger partial charge in [0, 0.05) is 16.8 Å². The summed E-state index contributed by atoms with van der Waals surface area (Å²) in [5.41, 5.74) is 3.32. The number of pyridine rings is 1.